The Bertz CT molecular complexity index is 1160. The Hall–Kier alpha value is -2.84. The van der Waals surface area contributed by atoms with Gasteiger partial charge in [-0.2, -0.15) is 0 Å². The summed E-state index contributed by atoms with van der Waals surface area (Å²) in [6, 6.07) is 26.1. The molecule has 1 N–H and O–H groups in total. The first-order valence-corrected chi connectivity index (χ1v) is 14.5. The van der Waals surface area contributed by atoms with Crippen LogP contribution in [-0.4, -0.2) is 49.3 Å². The molecule has 1 amide bonds. The summed E-state index contributed by atoms with van der Waals surface area (Å²) in [5, 5.41) is 12.4. The molecule has 0 aliphatic carbocycles. The van der Waals surface area contributed by atoms with Crippen LogP contribution in [-0.2, 0) is 14.0 Å². The summed E-state index contributed by atoms with van der Waals surface area (Å²) >= 11 is 0. The van der Waals surface area contributed by atoms with Gasteiger partial charge in [0.25, 0.3) is 14.2 Å². The van der Waals surface area contributed by atoms with Gasteiger partial charge in [-0.15, -0.1) is 0 Å². The highest BCUT2D eigenvalue weighted by atomic mass is 28.4. The molecule has 2 atom stereocenters. The maximum absolute atomic E-state index is 13.9. The van der Waals surface area contributed by atoms with Crippen molar-refractivity contribution in [1.29, 1.82) is 0 Å². The zero-order chi connectivity index (χ0) is 26.8. The normalized spacial score (nSPS) is 19.1. The number of rotatable bonds is 7. The fourth-order valence-corrected chi connectivity index (χ4v) is 9.86. The minimum atomic E-state index is -2.90. The molecule has 0 aromatic heterocycles. The van der Waals surface area contributed by atoms with Crippen molar-refractivity contribution in [3.8, 4) is 0 Å². The third-order valence-corrected chi connectivity index (χ3v) is 12.0. The zero-order valence-electron chi connectivity index (χ0n) is 22.1. The van der Waals surface area contributed by atoms with Crippen LogP contribution in [0.2, 0.25) is 5.04 Å². The van der Waals surface area contributed by atoms with Crippen molar-refractivity contribution in [2.24, 2.45) is 0 Å². The lowest BCUT2D eigenvalue weighted by atomic mass is 10.0. The summed E-state index contributed by atoms with van der Waals surface area (Å²) in [4.78, 5) is 14.8. The molecular formula is C30H36FNO4Si. The molecule has 1 heterocycles. The summed E-state index contributed by atoms with van der Waals surface area (Å²) in [6.45, 7) is 10.7. The van der Waals surface area contributed by atoms with E-state index in [1.165, 1.54) is 12.1 Å². The number of benzene rings is 3. The maximum atomic E-state index is 13.9. The number of hydrogen-bond acceptors (Lipinski definition) is 4. The van der Waals surface area contributed by atoms with Crippen LogP contribution in [0.15, 0.2) is 84.9 Å². The molecular weight excluding hydrogens is 485 g/mol. The van der Waals surface area contributed by atoms with Gasteiger partial charge in [0.1, 0.15) is 5.82 Å². The molecule has 1 fully saturated rings. The quantitative estimate of drug-likeness (QED) is 0.469. The lowest BCUT2D eigenvalue weighted by Crippen LogP contribution is -2.67. The minimum Gasteiger partial charge on any atom is -0.405 e. The van der Waals surface area contributed by atoms with Gasteiger partial charge in [-0.05, 0) is 47.0 Å². The largest absolute Gasteiger partial charge is 0.405 e. The number of ether oxygens (including phenoxy) is 1. The Morgan fingerprint density at radius 2 is 1.51 bits per heavy atom. The minimum absolute atomic E-state index is 0.174. The number of morpholine rings is 1. The van der Waals surface area contributed by atoms with E-state index in [9.17, 15) is 14.3 Å². The van der Waals surface area contributed by atoms with Gasteiger partial charge in [-0.1, -0.05) is 93.6 Å². The molecule has 0 bridgehead atoms. The van der Waals surface area contributed by atoms with Crippen molar-refractivity contribution in [3.63, 3.8) is 0 Å². The molecule has 1 saturated heterocycles. The third-order valence-electron chi connectivity index (χ3n) is 6.98. The second-order valence-corrected chi connectivity index (χ2v) is 15.5. The van der Waals surface area contributed by atoms with Crippen LogP contribution in [0, 0.1) is 5.82 Å². The van der Waals surface area contributed by atoms with Crippen LogP contribution < -0.4 is 10.4 Å². The molecule has 1 aliphatic rings. The Kier molecular flexibility index (Phi) is 7.71. The lowest BCUT2D eigenvalue weighted by molar-refractivity contribution is -0.225. The van der Waals surface area contributed by atoms with E-state index in [1.54, 1.807) is 17.0 Å². The average Bonchev–Trinajstić information content (AvgIpc) is 2.85. The van der Waals surface area contributed by atoms with Crippen LogP contribution in [0.3, 0.4) is 0 Å². The van der Waals surface area contributed by atoms with Crippen molar-refractivity contribution >= 4 is 24.6 Å². The highest BCUT2D eigenvalue weighted by Gasteiger charge is 2.51. The van der Waals surface area contributed by atoms with Crippen molar-refractivity contribution < 1.29 is 23.5 Å². The van der Waals surface area contributed by atoms with Gasteiger partial charge in [-0.25, -0.2) is 4.39 Å². The number of aliphatic hydroxyl groups excluding tert-OH is 1. The van der Waals surface area contributed by atoms with E-state index in [-0.39, 0.29) is 24.0 Å². The number of carbonyl (C=O) groups excluding carboxylic acids is 1. The van der Waals surface area contributed by atoms with Crippen LogP contribution >= 0.6 is 0 Å². The molecule has 4 rings (SSSR count). The molecule has 1 aliphatic heterocycles. The number of nitrogens with zero attached hydrogens (tertiary/aromatic N) is 1. The molecule has 0 saturated carbocycles. The van der Waals surface area contributed by atoms with Crippen molar-refractivity contribution in [2.45, 2.75) is 57.6 Å². The van der Waals surface area contributed by atoms with E-state index in [4.69, 9.17) is 9.16 Å². The second-order valence-electron chi connectivity index (χ2n) is 11.2. The summed E-state index contributed by atoms with van der Waals surface area (Å²) in [5.74, 6) is -0.885. The van der Waals surface area contributed by atoms with E-state index in [2.05, 4.69) is 45.0 Å². The Morgan fingerprint density at radius 3 is 2.00 bits per heavy atom. The Labute approximate surface area is 220 Å². The standard InChI is InChI=1S/C30H36FNO4Si/c1-29(2,3)37(24-12-8-6-9-13-24,25-14-10-7-11-15-25)35-20-26(22-16-18-23(31)19-17-22)32-21-30(4,5)36-28(34)27(32)33/h6-19,26,28,34H,20-21H2,1-5H3. The molecule has 7 heteroatoms. The van der Waals surface area contributed by atoms with Crippen LogP contribution in [0.25, 0.3) is 0 Å². The molecule has 37 heavy (non-hydrogen) atoms. The highest BCUT2D eigenvalue weighted by molar-refractivity contribution is 6.99. The third kappa shape index (κ3) is 5.55. The molecule has 0 spiro atoms. The number of amides is 1. The number of hydrogen-bond donors (Lipinski definition) is 1. The Balaban J connectivity index is 1.82. The fraction of sp³-hybridized carbons (Fsp3) is 0.367. The van der Waals surface area contributed by atoms with Gasteiger partial charge in [0, 0.05) is 0 Å². The first-order valence-electron chi connectivity index (χ1n) is 12.6. The SMILES string of the molecule is CC1(C)CN(C(CO[Si](c2ccccc2)(c2ccccc2)C(C)(C)C)c2ccc(F)cc2)C(=O)C(O)O1. The van der Waals surface area contributed by atoms with Gasteiger partial charge in [0.15, 0.2) is 0 Å². The molecule has 3 aromatic carbocycles. The first kappa shape index (κ1) is 27.2. The monoisotopic (exact) mass is 521 g/mol. The fourth-order valence-electron chi connectivity index (χ4n) is 5.30. The van der Waals surface area contributed by atoms with E-state index < -0.39 is 32.2 Å². The van der Waals surface area contributed by atoms with E-state index in [0.717, 1.165) is 15.9 Å². The van der Waals surface area contributed by atoms with Gasteiger partial charge in [-0.3, -0.25) is 4.79 Å². The highest BCUT2D eigenvalue weighted by Crippen LogP contribution is 2.38. The summed E-state index contributed by atoms with van der Waals surface area (Å²) in [5.41, 5.74) is -0.0270. The predicted molar refractivity (Wildman–Crippen MR) is 146 cm³/mol. The first-order chi connectivity index (χ1) is 17.4. The van der Waals surface area contributed by atoms with Gasteiger partial charge >= 0.3 is 0 Å². The molecule has 0 radical (unpaired) electrons. The van der Waals surface area contributed by atoms with Crippen molar-refractivity contribution in [1.82, 2.24) is 4.90 Å². The Morgan fingerprint density at radius 1 is 1.00 bits per heavy atom. The van der Waals surface area contributed by atoms with Gasteiger partial charge in [0.2, 0.25) is 6.29 Å². The lowest BCUT2D eigenvalue weighted by Gasteiger charge is -2.47. The van der Waals surface area contributed by atoms with Crippen LogP contribution in [0.4, 0.5) is 4.39 Å². The van der Waals surface area contributed by atoms with Gasteiger partial charge < -0.3 is 19.2 Å². The van der Waals surface area contributed by atoms with E-state index in [1.807, 2.05) is 50.2 Å². The average molecular weight is 522 g/mol. The second kappa shape index (κ2) is 10.5. The maximum Gasteiger partial charge on any atom is 0.280 e. The zero-order valence-corrected chi connectivity index (χ0v) is 23.1. The summed E-state index contributed by atoms with van der Waals surface area (Å²) in [7, 11) is -2.90. The number of aliphatic hydroxyl groups is 1. The molecule has 5 nitrogen and oxygen atoms in total. The van der Waals surface area contributed by atoms with Gasteiger partial charge in [0.05, 0.1) is 24.8 Å². The summed E-state index contributed by atoms with van der Waals surface area (Å²) < 4.78 is 26.5. The van der Waals surface area contributed by atoms with Crippen LogP contribution in [0.5, 0.6) is 0 Å². The number of halogens is 1. The molecule has 2 unspecified atom stereocenters. The van der Waals surface area contributed by atoms with Crippen molar-refractivity contribution in [2.75, 3.05) is 13.2 Å². The summed E-state index contributed by atoms with van der Waals surface area (Å²) in [6.07, 6.45) is -1.57. The number of carbonyl (C=O) groups is 1. The van der Waals surface area contributed by atoms with E-state index in [0.29, 0.717) is 0 Å². The molecule has 3 aromatic rings. The van der Waals surface area contributed by atoms with Crippen molar-refractivity contribution in [3.05, 3.63) is 96.3 Å². The smallest absolute Gasteiger partial charge is 0.280 e. The predicted octanol–water partition coefficient (Wildman–Crippen LogP) is 4.40. The van der Waals surface area contributed by atoms with E-state index >= 15 is 0 Å². The van der Waals surface area contributed by atoms with Crippen LogP contribution in [0.1, 0.15) is 46.2 Å². The topological polar surface area (TPSA) is 59.0 Å². The molecule has 196 valence electrons.